The Morgan fingerprint density at radius 1 is 1.05 bits per heavy atom. The van der Waals surface area contributed by atoms with Crippen molar-refractivity contribution < 1.29 is 4.74 Å². The van der Waals surface area contributed by atoms with E-state index < -0.39 is 0 Å². The van der Waals surface area contributed by atoms with E-state index in [0.29, 0.717) is 0 Å². The van der Waals surface area contributed by atoms with Gasteiger partial charge in [0.2, 0.25) is 0 Å². The fourth-order valence-corrected chi connectivity index (χ4v) is 2.48. The first-order chi connectivity index (χ1) is 9.24. The van der Waals surface area contributed by atoms with Gasteiger partial charge in [-0.05, 0) is 42.0 Å². The molecule has 0 aliphatic heterocycles. The van der Waals surface area contributed by atoms with Gasteiger partial charge in [0.25, 0.3) is 0 Å². The number of ether oxygens (including phenoxy) is 1. The van der Waals surface area contributed by atoms with Crippen molar-refractivity contribution in [1.29, 1.82) is 0 Å². The van der Waals surface area contributed by atoms with Crippen LogP contribution in [-0.2, 0) is 6.42 Å². The topological polar surface area (TPSA) is 25.0 Å². The Balaban J connectivity index is 1.90. The molecule has 0 saturated carbocycles. The molecular formula is C16H14BrNO. The van der Waals surface area contributed by atoms with E-state index in [1.807, 2.05) is 6.07 Å². The first kappa shape index (κ1) is 12.3. The van der Waals surface area contributed by atoms with Gasteiger partial charge in [0.05, 0.1) is 7.11 Å². The van der Waals surface area contributed by atoms with E-state index in [4.69, 9.17) is 4.74 Å². The third-order valence-corrected chi connectivity index (χ3v) is 3.72. The van der Waals surface area contributed by atoms with Crippen LogP contribution in [0.4, 0.5) is 0 Å². The molecule has 1 aromatic heterocycles. The largest absolute Gasteiger partial charge is 0.497 e. The molecule has 2 aromatic carbocycles. The standard InChI is InChI=1S/C16H14BrNO/c1-19-15-6-7-16-12(10-15)9-14(18-16)8-11-2-4-13(17)5-3-11/h2-7,9-10,18H,8H2,1H3. The van der Waals surface area contributed by atoms with Crippen molar-refractivity contribution in [1.82, 2.24) is 4.98 Å². The summed E-state index contributed by atoms with van der Waals surface area (Å²) in [5.74, 6) is 0.890. The molecule has 3 heteroatoms. The number of H-pyrrole nitrogens is 1. The molecular weight excluding hydrogens is 302 g/mol. The molecule has 1 heterocycles. The van der Waals surface area contributed by atoms with E-state index in [0.717, 1.165) is 22.2 Å². The van der Waals surface area contributed by atoms with Crippen LogP contribution in [0.1, 0.15) is 11.3 Å². The molecule has 3 aromatic rings. The summed E-state index contributed by atoms with van der Waals surface area (Å²) in [5, 5.41) is 1.19. The highest BCUT2D eigenvalue weighted by atomic mass is 79.9. The second kappa shape index (κ2) is 5.10. The van der Waals surface area contributed by atoms with Crippen molar-refractivity contribution in [3.63, 3.8) is 0 Å². The Hall–Kier alpha value is -1.74. The van der Waals surface area contributed by atoms with E-state index in [-0.39, 0.29) is 0 Å². The van der Waals surface area contributed by atoms with Crippen LogP contribution in [0.3, 0.4) is 0 Å². The van der Waals surface area contributed by atoms with Gasteiger partial charge in [-0.3, -0.25) is 0 Å². The highest BCUT2D eigenvalue weighted by Crippen LogP contribution is 2.23. The van der Waals surface area contributed by atoms with E-state index in [1.54, 1.807) is 7.11 Å². The van der Waals surface area contributed by atoms with Gasteiger partial charge in [0.15, 0.2) is 0 Å². The number of benzene rings is 2. The average molecular weight is 316 g/mol. The third kappa shape index (κ3) is 2.66. The summed E-state index contributed by atoms with van der Waals surface area (Å²) in [6.45, 7) is 0. The molecule has 0 amide bonds. The molecule has 0 saturated heterocycles. The summed E-state index contributed by atoms with van der Waals surface area (Å²) < 4.78 is 6.35. The van der Waals surface area contributed by atoms with E-state index in [2.05, 4.69) is 63.4 Å². The molecule has 0 bridgehead atoms. The fraction of sp³-hybridized carbons (Fsp3) is 0.125. The quantitative estimate of drug-likeness (QED) is 0.754. The number of fused-ring (bicyclic) bond motifs is 1. The maximum Gasteiger partial charge on any atom is 0.119 e. The highest BCUT2D eigenvalue weighted by Gasteiger charge is 2.03. The lowest BCUT2D eigenvalue weighted by Crippen LogP contribution is -1.87. The lowest BCUT2D eigenvalue weighted by molar-refractivity contribution is 0.415. The normalized spacial score (nSPS) is 10.8. The predicted molar refractivity (Wildman–Crippen MR) is 81.8 cm³/mol. The monoisotopic (exact) mass is 315 g/mol. The summed E-state index contributed by atoms with van der Waals surface area (Å²) in [7, 11) is 1.69. The molecule has 96 valence electrons. The van der Waals surface area contributed by atoms with Crippen molar-refractivity contribution in [2.75, 3.05) is 7.11 Å². The van der Waals surface area contributed by atoms with Gasteiger partial charge in [0.1, 0.15) is 5.75 Å². The SMILES string of the molecule is COc1ccc2[nH]c(Cc3ccc(Br)cc3)cc2c1. The lowest BCUT2D eigenvalue weighted by Gasteiger charge is -1.99. The van der Waals surface area contributed by atoms with Crippen LogP contribution in [0.15, 0.2) is 53.0 Å². The minimum Gasteiger partial charge on any atom is -0.497 e. The summed E-state index contributed by atoms with van der Waals surface area (Å²) in [6, 6.07) is 16.7. The second-order valence-corrected chi connectivity index (χ2v) is 5.47. The van der Waals surface area contributed by atoms with Crippen molar-refractivity contribution >= 4 is 26.8 Å². The van der Waals surface area contributed by atoms with E-state index >= 15 is 0 Å². The minimum atomic E-state index is 0.890. The van der Waals surface area contributed by atoms with E-state index in [9.17, 15) is 0 Å². The smallest absolute Gasteiger partial charge is 0.119 e. The zero-order valence-corrected chi connectivity index (χ0v) is 12.2. The summed E-state index contributed by atoms with van der Waals surface area (Å²) in [5.41, 5.74) is 3.65. The Morgan fingerprint density at radius 3 is 2.58 bits per heavy atom. The number of hydrogen-bond donors (Lipinski definition) is 1. The molecule has 0 fully saturated rings. The number of aromatic nitrogens is 1. The van der Waals surface area contributed by atoms with Crippen LogP contribution in [0.2, 0.25) is 0 Å². The Morgan fingerprint density at radius 2 is 1.84 bits per heavy atom. The van der Waals surface area contributed by atoms with Crippen LogP contribution >= 0.6 is 15.9 Å². The molecule has 1 N–H and O–H groups in total. The van der Waals surface area contributed by atoms with Crippen LogP contribution in [-0.4, -0.2) is 12.1 Å². The maximum absolute atomic E-state index is 5.24. The Labute approximate surface area is 120 Å². The molecule has 0 aliphatic carbocycles. The lowest BCUT2D eigenvalue weighted by atomic mass is 10.1. The number of aromatic amines is 1. The van der Waals surface area contributed by atoms with Crippen LogP contribution in [0, 0.1) is 0 Å². The number of nitrogens with one attached hydrogen (secondary N) is 1. The summed E-state index contributed by atoms with van der Waals surface area (Å²) in [4.78, 5) is 3.44. The molecule has 2 nitrogen and oxygen atoms in total. The molecule has 0 unspecified atom stereocenters. The van der Waals surface area contributed by atoms with Gasteiger partial charge < -0.3 is 9.72 Å². The van der Waals surface area contributed by atoms with Crippen molar-refractivity contribution in [2.45, 2.75) is 6.42 Å². The molecule has 3 rings (SSSR count). The Kier molecular flexibility index (Phi) is 3.30. The van der Waals surface area contributed by atoms with Crippen LogP contribution < -0.4 is 4.74 Å². The maximum atomic E-state index is 5.24. The Bertz CT molecular complexity index is 700. The van der Waals surface area contributed by atoms with Gasteiger partial charge in [0, 0.05) is 27.5 Å². The highest BCUT2D eigenvalue weighted by molar-refractivity contribution is 9.10. The van der Waals surface area contributed by atoms with Crippen molar-refractivity contribution in [3.8, 4) is 5.75 Å². The fourth-order valence-electron chi connectivity index (χ4n) is 2.22. The number of rotatable bonds is 3. The predicted octanol–water partition coefficient (Wildman–Crippen LogP) is 4.53. The molecule has 0 radical (unpaired) electrons. The minimum absolute atomic E-state index is 0.890. The van der Waals surface area contributed by atoms with Gasteiger partial charge >= 0.3 is 0 Å². The number of hydrogen-bond acceptors (Lipinski definition) is 1. The molecule has 0 spiro atoms. The molecule has 0 aliphatic rings. The van der Waals surface area contributed by atoms with Crippen LogP contribution in [0.25, 0.3) is 10.9 Å². The van der Waals surface area contributed by atoms with Gasteiger partial charge in [-0.2, -0.15) is 0 Å². The van der Waals surface area contributed by atoms with E-state index in [1.165, 1.54) is 16.6 Å². The first-order valence-electron chi connectivity index (χ1n) is 6.15. The molecule has 0 atom stereocenters. The first-order valence-corrected chi connectivity index (χ1v) is 6.94. The molecule has 19 heavy (non-hydrogen) atoms. The van der Waals surface area contributed by atoms with Gasteiger partial charge in [-0.15, -0.1) is 0 Å². The summed E-state index contributed by atoms with van der Waals surface area (Å²) in [6.07, 6.45) is 0.907. The zero-order chi connectivity index (χ0) is 13.2. The van der Waals surface area contributed by atoms with Crippen molar-refractivity contribution in [3.05, 3.63) is 64.3 Å². The van der Waals surface area contributed by atoms with Gasteiger partial charge in [-0.25, -0.2) is 0 Å². The third-order valence-electron chi connectivity index (χ3n) is 3.19. The summed E-state index contributed by atoms with van der Waals surface area (Å²) >= 11 is 3.45. The van der Waals surface area contributed by atoms with Gasteiger partial charge in [-0.1, -0.05) is 28.1 Å². The van der Waals surface area contributed by atoms with Crippen molar-refractivity contribution in [2.24, 2.45) is 0 Å². The second-order valence-electron chi connectivity index (χ2n) is 4.55. The van der Waals surface area contributed by atoms with Crippen LogP contribution in [0.5, 0.6) is 5.75 Å². The number of methoxy groups -OCH3 is 1. The zero-order valence-electron chi connectivity index (χ0n) is 10.6. The number of halogens is 1. The average Bonchev–Trinajstić information content (AvgIpc) is 2.82.